The summed E-state index contributed by atoms with van der Waals surface area (Å²) in [4.78, 5) is 35.8. The number of nitrogens with two attached hydrogens (primary N) is 1. The van der Waals surface area contributed by atoms with Crippen molar-refractivity contribution in [1.29, 1.82) is 0 Å². The molecular formula is C21H28N4O6S. The maximum Gasteiger partial charge on any atom is 0.288 e. The van der Waals surface area contributed by atoms with Gasteiger partial charge in [0.1, 0.15) is 16.7 Å². The first-order chi connectivity index (χ1) is 15.3. The van der Waals surface area contributed by atoms with Gasteiger partial charge in [-0.25, -0.2) is 14.4 Å². The van der Waals surface area contributed by atoms with E-state index in [4.69, 9.17) is 9.56 Å². The SMILES string of the molecule is CCCCCC(CN(O)C=O)C(=O)NCNC(=O)c1ccc(-c2cccc(S(N)=O)c2)o1. The molecule has 11 heteroatoms. The molecule has 2 unspecified atom stereocenters. The first-order valence-electron chi connectivity index (χ1n) is 10.2. The molecule has 5 N–H and O–H groups in total. The Hall–Kier alpha value is -3.02. The van der Waals surface area contributed by atoms with Crippen LogP contribution in [-0.2, 0) is 20.6 Å². The summed E-state index contributed by atoms with van der Waals surface area (Å²) in [5.41, 5.74) is 0.618. The minimum atomic E-state index is -1.63. The molecule has 0 bridgehead atoms. The number of nitrogens with one attached hydrogen (secondary N) is 2. The minimum Gasteiger partial charge on any atom is -0.451 e. The van der Waals surface area contributed by atoms with Crippen LogP contribution in [0.15, 0.2) is 45.7 Å². The number of furan rings is 1. The molecule has 1 aromatic heterocycles. The summed E-state index contributed by atoms with van der Waals surface area (Å²) in [6.45, 7) is 1.76. The van der Waals surface area contributed by atoms with Crippen LogP contribution in [0.2, 0.25) is 0 Å². The van der Waals surface area contributed by atoms with Crippen molar-refractivity contribution in [3.05, 3.63) is 42.2 Å². The van der Waals surface area contributed by atoms with E-state index in [-0.39, 0.29) is 31.3 Å². The number of unbranched alkanes of at least 4 members (excludes halogenated alkanes) is 2. The lowest BCUT2D eigenvalue weighted by Crippen LogP contribution is -2.42. The lowest BCUT2D eigenvalue weighted by molar-refractivity contribution is -0.154. The summed E-state index contributed by atoms with van der Waals surface area (Å²) in [6, 6.07) is 9.74. The molecule has 0 aliphatic heterocycles. The number of hydrogen-bond acceptors (Lipinski definition) is 6. The highest BCUT2D eigenvalue weighted by molar-refractivity contribution is 7.82. The van der Waals surface area contributed by atoms with Crippen molar-refractivity contribution in [1.82, 2.24) is 15.7 Å². The van der Waals surface area contributed by atoms with Gasteiger partial charge in [0.2, 0.25) is 12.3 Å². The molecule has 0 aliphatic rings. The van der Waals surface area contributed by atoms with Crippen LogP contribution in [-0.4, -0.2) is 45.9 Å². The van der Waals surface area contributed by atoms with Crippen LogP contribution in [0.1, 0.15) is 43.2 Å². The van der Waals surface area contributed by atoms with E-state index >= 15 is 0 Å². The third-order valence-electron chi connectivity index (χ3n) is 4.75. The molecule has 0 saturated heterocycles. The molecule has 0 aliphatic carbocycles. The van der Waals surface area contributed by atoms with Crippen LogP contribution in [0.4, 0.5) is 0 Å². The summed E-state index contributed by atoms with van der Waals surface area (Å²) in [5, 5.41) is 20.4. The molecule has 10 nitrogen and oxygen atoms in total. The number of carbonyl (C=O) groups is 3. The quantitative estimate of drug-likeness (QED) is 0.116. The Morgan fingerprint density at radius 3 is 2.72 bits per heavy atom. The topological polar surface area (TPSA) is 155 Å². The first-order valence-corrected chi connectivity index (χ1v) is 11.4. The second kappa shape index (κ2) is 12.7. The van der Waals surface area contributed by atoms with Gasteiger partial charge in [0.15, 0.2) is 5.76 Å². The number of benzene rings is 1. The van der Waals surface area contributed by atoms with Gasteiger partial charge in [-0.15, -0.1) is 0 Å². The zero-order valence-corrected chi connectivity index (χ0v) is 18.6. The Bertz CT molecular complexity index is 948. The highest BCUT2D eigenvalue weighted by atomic mass is 32.2. The van der Waals surface area contributed by atoms with Gasteiger partial charge in [0.25, 0.3) is 5.91 Å². The van der Waals surface area contributed by atoms with Crippen LogP contribution >= 0.6 is 0 Å². The average Bonchev–Trinajstić information content (AvgIpc) is 3.28. The monoisotopic (exact) mass is 464 g/mol. The predicted octanol–water partition coefficient (Wildman–Crippen LogP) is 1.78. The van der Waals surface area contributed by atoms with E-state index in [1.807, 2.05) is 6.92 Å². The number of amides is 3. The molecule has 0 fully saturated rings. The molecule has 0 spiro atoms. The van der Waals surface area contributed by atoms with Crippen LogP contribution in [0.3, 0.4) is 0 Å². The van der Waals surface area contributed by atoms with E-state index in [2.05, 4.69) is 10.6 Å². The van der Waals surface area contributed by atoms with Crippen molar-refractivity contribution in [3.63, 3.8) is 0 Å². The molecule has 32 heavy (non-hydrogen) atoms. The Morgan fingerprint density at radius 2 is 2.03 bits per heavy atom. The van der Waals surface area contributed by atoms with Gasteiger partial charge >= 0.3 is 0 Å². The molecule has 1 aromatic carbocycles. The third kappa shape index (κ3) is 7.59. The predicted molar refractivity (Wildman–Crippen MR) is 117 cm³/mol. The average molecular weight is 465 g/mol. The third-order valence-corrected chi connectivity index (χ3v) is 5.47. The molecule has 174 valence electrons. The van der Waals surface area contributed by atoms with Crippen molar-refractivity contribution in [2.24, 2.45) is 11.1 Å². The van der Waals surface area contributed by atoms with Crippen molar-refractivity contribution < 1.29 is 28.2 Å². The van der Waals surface area contributed by atoms with E-state index < -0.39 is 22.8 Å². The molecular weight excluding hydrogens is 436 g/mol. The molecule has 2 aromatic rings. The number of hydroxylamine groups is 2. The van der Waals surface area contributed by atoms with E-state index in [1.165, 1.54) is 6.07 Å². The van der Waals surface area contributed by atoms with E-state index in [0.29, 0.717) is 27.7 Å². The van der Waals surface area contributed by atoms with Gasteiger partial charge in [-0.2, -0.15) is 0 Å². The van der Waals surface area contributed by atoms with Gasteiger partial charge < -0.3 is 15.1 Å². The second-order valence-electron chi connectivity index (χ2n) is 7.13. The maximum absolute atomic E-state index is 12.4. The van der Waals surface area contributed by atoms with Crippen LogP contribution < -0.4 is 15.8 Å². The summed E-state index contributed by atoms with van der Waals surface area (Å²) in [6.07, 6.45) is 3.43. The van der Waals surface area contributed by atoms with Gasteiger partial charge in [0.05, 0.1) is 24.0 Å². The van der Waals surface area contributed by atoms with Crippen molar-refractivity contribution >= 4 is 29.2 Å². The van der Waals surface area contributed by atoms with E-state index in [0.717, 1.165) is 19.3 Å². The molecule has 1 heterocycles. The van der Waals surface area contributed by atoms with Crippen molar-refractivity contribution in [3.8, 4) is 11.3 Å². The maximum atomic E-state index is 12.4. The summed E-state index contributed by atoms with van der Waals surface area (Å²) in [7, 11) is -1.63. The number of hydrogen-bond donors (Lipinski definition) is 4. The number of rotatable bonds is 13. The molecule has 2 rings (SSSR count). The van der Waals surface area contributed by atoms with Crippen molar-refractivity contribution in [2.75, 3.05) is 13.2 Å². The zero-order valence-electron chi connectivity index (χ0n) is 17.8. The molecule has 0 saturated carbocycles. The molecule has 2 atom stereocenters. The Morgan fingerprint density at radius 1 is 1.25 bits per heavy atom. The van der Waals surface area contributed by atoms with Crippen LogP contribution in [0, 0.1) is 5.92 Å². The summed E-state index contributed by atoms with van der Waals surface area (Å²) >= 11 is 0. The van der Waals surface area contributed by atoms with E-state index in [1.54, 1.807) is 30.3 Å². The van der Waals surface area contributed by atoms with Gasteiger partial charge in [-0.05, 0) is 30.7 Å². The number of carbonyl (C=O) groups excluding carboxylic acids is 3. The largest absolute Gasteiger partial charge is 0.451 e. The minimum absolute atomic E-state index is 0.0375. The smallest absolute Gasteiger partial charge is 0.288 e. The van der Waals surface area contributed by atoms with E-state index in [9.17, 15) is 23.8 Å². The van der Waals surface area contributed by atoms with Crippen LogP contribution in [0.25, 0.3) is 11.3 Å². The zero-order chi connectivity index (χ0) is 23.5. The lowest BCUT2D eigenvalue weighted by Gasteiger charge is -2.19. The van der Waals surface area contributed by atoms with Gasteiger partial charge in [-0.3, -0.25) is 19.6 Å². The fraction of sp³-hybridized carbons (Fsp3) is 0.381. The van der Waals surface area contributed by atoms with Gasteiger partial charge in [0, 0.05) is 5.56 Å². The molecule has 0 radical (unpaired) electrons. The Kier molecular flexibility index (Phi) is 10.1. The fourth-order valence-electron chi connectivity index (χ4n) is 3.05. The van der Waals surface area contributed by atoms with Crippen molar-refractivity contribution in [2.45, 2.75) is 37.5 Å². The highest BCUT2D eigenvalue weighted by Crippen LogP contribution is 2.23. The standard InChI is InChI=1S/C21H28N4O6S/c1-2-3-4-6-16(12-25(29)14-26)20(27)23-13-24-21(28)19-10-9-18(31-19)15-7-5-8-17(11-15)32(22)30/h5,7-11,14,16,29H,2-4,6,12-13,22H2,1H3,(H,23,27)(H,24,28). The summed E-state index contributed by atoms with van der Waals surface area (Å²) < 4.78 is 17.0. The first kappa shape index (κ1) is 25.2. The fourth-order valence-corrected chi connectivity index (χ4v) is 3.50. The molecule has 3 amide bonds. The normalized spacial score (nSPS) is 12.6. The number of nitrogens with zero attached hydrogens (tertiary/aromatic N) is 1. The van der Waals surface area contributed by atoms with Gasteiger partial charge in [-0.1, -0.05) is 38.3 Å². The summed E-state index contributed by atoms with van der Waals surface area (Å²) in [5.74, 6) is -1.07. The lowest BCUT2D eigenvalue weighted by atomic mass is 10.0. The Labute approximate surface area is 188 Å². The van der Waals surface area contributed by atoms with Crippen LogP contribution in [0.5, 0.6) is 0 Å². The highest BCUT2D eigenvalue weighted by Gasteiger charge is 2.21. The second-order valence-corrected chi connectivity index (χ2v) is 8.20. The Balaban J connectivity index is 1.91.